The first kappa shape index (κ1) is 26.6. The maximum Gasteiger partial charge on any atom is 0.416 e. The van der Waals surface area contributed by atoms with Gasteiger partial charge in [-0.2, -0.15) is 13.2 Å². The molecule has 1 aromatic carbocycles. The van der Waals surface area contributed by atoms with Gasteiger partial charge in [0.2, 0.25) is 0 Å². The highest BCUT2D eigenvalue weighted by atomic mass is 32.1. The van der Waals surface area contributed by atoms with E-state index in [-0.39, 0.29) is 17.9 Å². The number of halogens is 3. The van der Waals surface area contributed by atoms with Gasteiger partial charge in [-0.25, -0.2) is 9.78 Å². The molecule has 1 aliphatic heterocycles. The van der Waals surface area contributed by atoms with Gasteiger partial charge in [-0.3, -0.25) is 0 Å². The van der Waals surface area contributed by atoms with Gasteiger partial charge in [0.05, 0.1) is 18.2 Å². The molecule has 192 valence electrons. The molecule has 35 heavy (non-hydrogen) atoms. The van der Waals surface area contributed by atoms with Crippen LogP contribution in [0.15, 0.2) is 24.4 Å². The van der Waals surface area contributed by atoms with Crippen molar-refractivity contribution >= 4 is 29.2 Å². The molecule has 1 amide bonds. The van der Waals surface area contributed by atoms with E-state index in [0.717, 1.165) is 25.0 Å². The number of rotatable bonds is 4. The monoisotopic (exact) mass is 513 g/mol. The molecule has 1 aromatic heterocycles. The minimum absolute atomic E-state index is 0.0604. The lowest BCUT2D eigenvalue weighted by Gasteiger charge is -2.34. The van der Waals surface area contributed by atoms with Gasteiger partial charge in [0.25, 0.3) is 0 Å². The number of nitrogens with zero attached hydrogens (tertiary/aromatic N) is 3. The zero-order valence-electron chi connectivity index (χ0n) is 20.3. The predicted molar refractivity (Wildman–Crippen MR) is 130 cm³/mol. The highest BCUT2D eigenvalue weighted by Crippen LogP contribution is 2.37. The molecule has 0 spiro atoms. The number of alkyl halides is 3. The molecule has 2 N–H and O–H groups in total. The normalized spacial score (nSPS) is 16.6. The molecular formula is C23H30F3N5O3S. The molecule has 8 nitrogen and oxygen atoms in total. The van der Waals surface area contributed by atoms with Crippen LogP contribution in [-0.4, -0.2) is 57.5 Å². The first-order valence-electron chi connectivity index (χ1n) is 11.1. The van der Waals surface area contributed by atoms with Crippen LogP contribution >= 0.6 is 12.2 Å². The van der Waals surface area contributed by atoms with Crippen LogP contribution in [0.1, 0.15) is 39.2 Å². The third kappa shape index (κ3) is 7.00. The lowest BCUT2D eigenvalue weighted by molar-refractivity contribution is -0.137. The van der Waals surface area contributed by atoms with E-state index < -0.39 is 17.3 Å². The van der Waals surface area contributed by atoms with Crippen LogP contribution in [0, 0.1) is 0 Å². The third-order valence-electron chi connectivity index (χ3n) is 5.30. The Morgan fingerprint density at radius 1 is 1.26 bits per heavy atom. The lowest BCUT2D eigenvalue weighted by atomic mass is 10.1. The second-order valence-corrected chi connectivity index (χ2v) is 9.75. The van der Waals surface area contributed by atoms with Crippen molar-refractivity contribution in [3.8, 4) is 17.1 Å². The van der Waals surface area contributed by atoms with Crippen LogP contribution in [0.3, 0.4) is 0 Å². The number of thiocarbonyl (C=S) groups is 1. The molecule has 3 rings (SSSR count). The SMILES string of the molecule is COc1cc(C(F)(F)F)ccc1-c1nc(NC(=S)N[C@@H]2CCCN(C(=O)OC(C)(C)C)C2)cn1C. The standard InChI is InChI=1S/C23H30F3N5O3S/c1-22(2,3)34-21(32)31-10-6-7-15(12-31)27-20(35)29-18-13-30(4)19(28-18)16-9-8-14(23(24,25)26)11-17(16)33-5/h8-9,11,13,15H,6-7,10,12H2,1-5H3,(H2,27,29,35)/t15-/m1/s1. The molecule has 0 bridgehead atoms. The smallest absolute Gasteiger partial charge is 0.416 e. The van der Waals surface area contributed by atoms with Gasteiger partial charge in [-0.1, -0.05) is 0 Å². The van der Waals surface area contributed by atoms with Gasteiger partial charge in [-0.05, 0) is 64.0 Å². The molecule has 1 saturated heterocycles. The fraction of sp³-hybridized carbons (Fsp3) is 0.522. The molecule has 2 aromatic rings. The number of nitrogens with one attached hydrogen (secondary N) is 2. The van der Waals surface area contributed by atoms with E-state index >= 15 is 0 Å². The number of piperidine rings is 1. The molecule has 1 fully saturated rings. The predicted octanol–water partition coefficient (Wildman–Crippen LogP) is 4.80. The summed E-state index contributed by atoms with van der Waals surface area (Å²) in [6.45, 7) is 6.54. The van der Waals surface area contributed by atoms with Crippen molar-refractivity contribution in [1.82, 2.24) is 19.8 Å². The van der Waals surface area contributed by atoms with Gasteiger partial charge in [0.15, 0.2) is 10.9 Å². The summed E-state index contributed by atoms with van der Waals surface area (Å²) in [4.78, 5) is 18.5. The Kier molecular flexibility index (Phi) is 7.83. The number of benzene rings is 1. The molecule has 1 aliphatic rings. The van der Waals surface area contributed by atoms with Crippen molar-refractivity contribution in [3.05, 3.63) is 30.0 Å². The van der Waals surface area contributed by atoms with Gasteiger partial charge < -0.3 is 29.6 Å². The first-order chi connectivity index (χ1) is 16.3. The summed E-state index contributed by atoms with van der Waals surface area (Å²) >= 11 is 5.43. The number of hydrogen-bond donors (Lipinski definition) is 2. The molecule has 12 heteroatoms. The van der Waals surface area contributed by atoms with E-state index in [4.69, 9.17) is 21.7 Å². The molecule has 0 radical (unpaired) electrons. The summed E-state index contributed by atoms with van der Waals surface area (Å²) in [7, 11) is 3.03. The molecule has 1 atom stereocenters. The average molecular weight is 514 g/mol. The van der Waals surface area contributed by atoms with E-state index in [0.29, 0.717) is 35.4 Å². The number of methoxy groups -OCH3 is 1. The second kappa shape index (κ2) is 10.3. The van der Waals surface area contributed by atoms with Crippen molar-refractivity contribution in [2.24, 2.45) is 7.05 Å². The fourth-order valence-corrected chi connectivity index (χ4v) is 4.03. The van der Waals surface area contributed by atoms with E-state index in [9.17, 15) is 18.0 Å². The maximum atomic E-state index is 13.1. The molecular weight excluding hydrogens is 483 g/mol. The van der Waals surface area contributed by atoms with E-state index in [1.54, 1.807) is 22.7 Å². The number of likely N-dealkylation sites (tertiary alicyclic amines) is 1. The Morgan fingerprint density at radius 2 is 1.97 bits per heavy atom. The fourth-order valence-electron chi connectivity index (χ4n) is 3.75. The third-order valence-corrected chi connectivity index (χ3v) is 5.52. The Bertz CT molecular complexity index is 1080. The molecule has 0 aliphatic carbocycles. The topological polar surface area (TPSA) is 80.7 Å². The lowest BCUT2D eigenvalue weighted by Crippen LogP contribution is -2.51. The number of aromatic nitrogens is 2. The van der Waals surface area contributed by atoms with Crippen LogP contribution in [0.5, 0.6) is 5.75 Å². The van der Waals surface area contributed by atoms with Gasteiger partial charge in [0.1, 0.15) is 17.2 Å². The highest BCUT2D eigenvalue weighted by Gasteiger charge is 2.32. The number of carbonyl (C=O) groups is 1. The molecule has 0 saturated carbocycles. The van der Waals surface area contributed by atoms with E-state index in [2.05, 4.69) is 15.6 Å². The van der Waals surface area contributed by atoms with Crippen LogP contribution in [0.2, 0.25) is 0 Å². The van der Waals surface area contributed by atoms with Crippen LogP contribution in [-0.2, 0) is 18.0 Å². The van der Waals surface area contributed by atoms with Crippen molar-refractivity contribution in [1.29, 1.82) is 0 Å². The summed E-state index contributed by atoms with van der Waals surface area (Å²) in [6, 6.07) is 3.21. The van der Waals surface area contributed by atoms with Gasteiger partial charge in [0, 0.05) is 32.4 Å². The molecule has 0 unspecified atom stereocenters. The summed E-state index contributed by atoms with van der Waals surface area (Å²) in [5, 5.41) is 6.53. The minimum atomic E-state index is -4.48. The number of anilines is 1. The number of amides is 1. The van der Waals surface area contributed by atoms with Crippen LogP contribution < -0.4 is 15.4 Å². The van der Waals surface area contributed by atoms with Crippen LogP contribution in [0.25, 0.3) is 11.4 Å². The zero-order valence-corrected chi connectivity index (χ0v) is 21.1. The number of ether oxygens (including phenoxy) is 2. The van der Waals surface area contributed by atoms with Crippen LogP contribution in [0.4, 0.5) is 23.8 Å². The highest BCUT2D eigenvalue weighted by molar-refractivity contribution is 7.80. The van der Waals surface area contributed by atoms with Gasteiger partial charge in [-0.15, -0.1) is 0 Å². The Hall–Kier alpha value is -3.02. The number of carbonyl (C=O) groups excluding carboxylic acids is 1. The Morgan fingerprint density at radius 3 is 2.60 bits per heavy atom. The van der Waals surface area contributed by atoms with Gasteiger partial charge >= 0.3 is 12.3 Å². The summed E-state index contributed by atoms with van der Waals surface area (Å²) in [6.07, 6.45) is -1.52. The average Bonchev–Trinajstić information content (AvgIpc) is 3.11. The minimum Gasteiger partial charge on any atom is -0.496 e. The van der Waals surface area contributed by atoms with Crippen molar-refractivity contribution in [3.63, 3.8) is 0 Å². The Labute approximate surface area is 207 Å². The Balaban J connectivity index is 1.66. The number of hydrogen-bond acceptors (Lipinski definition) is 5. The molecule has 2 heterocycles. The zero-order chi connectivity index (χ0) is 26.0. The summed E-state index contributed by atoms with van der Waals surface area (Å²) in [5.41, 5.74) is -0.958. The van der Waals surface area contributed by atoms with Crippen molar-refractivity contribution in [2.75, 3.05) is 25.5 Å². The quantitative estimate of drug-likeness (QED) is 0.569. The number of aryl methyl sites for hydroxylation is 1. The largest absolute Gasteiger partial charge is 0.496 e. The number of imidazole rings is 1. The second-order valence-electron chi connectivity index (χ2n) is 9.34. The maximum absolute atomic E-state index is 13.1. The summed E-state index contributed by atoms with van der Waals surface area (Å²) in [5.74, 6) is 0.890. The first-order valence-corrected chi connectivity index (χ1v) is 11.5. The van der Waals surface area contributed by atoms with E-state index in [1.165, 1.54) is 13.2 Å². The van der Waals surface area contributed by atoms with Crippen molar-refractivity contribution in [2.45, 2.75) is 51.4 Å². The van der Waals surface area contributed by atoms with Crippen molar-refractivity contribution < 1.29 is 27.4 Å². The van der Waals surface area contributed by atoms with E-state index in [1.807, 2.05) is 20.8 Å². The summed E-state index contributed by atoms with van der Waals surface area (Å²) < 4.78 is 51.5.